The highest BCUT2D eigenvalue weighted by molar-refractivity contribution is 5.77. The van der Waals surface area contributed by atoms with Gasteiger partial charge in [0.1, 0.15) is 0 Å². The Morgan fingerprint density at radius 3 is 2.75 bits per heavy atom. The molecule has 0 bridgehead atoms. The van der Waals surface area contributed by atoms with Crippen LogP contribution >= 0.6 is 0 Å². The van der Waals surface area contributed by atoms with Gasteiger partial charge in [-0.3, -0.25) is 4.79 Å². The molecule has 1 saturated carbocycles. The van der Waals surface area contributed by atoms with Crippen LogP contribution in [0.4, 0.5) is 0 Å². The Morgan fingerprint density at radius 2 is 2.19 bits per heavy atom. The summed E-state index contributed by atoms with van der Waals surface area (Å²) in [6, 6.07) is 0. The molecular formula is C13H21NO2. The van der Waals surface area contributed by atoms with E-state index in [1.807, 2.05) is 0 Å². The van der Waals surface area contributed by atoms with E-state index < -0.39 is 0 Å². The van der Waals surface area contributed by atoms with Crippen molar-refractivity contribution in [2.75, 3.05) is 6.61 Å². The van der Waals surface area contributed by atoms with Gasteiger partial charge in [0.15, 0.2) is 0 Å². The number of amides is 1. The van der Waals surface area contributed by atoms with Crippen molar-refractivity contribution < 1.29 is 9.90 Å². The monoisotopic (exact) mass is 223 g/mol. The molecule has 2 rings (SSSR count). The summed E-state index contributed by atoms with van der Waals surface area (Å²) in [5.41, 5.74) is -0.306. The van der Waals surface area contributed by atoms with Crippen molar-refractivity contribution in [3.05, 3.63) is 12.2 Å². The number of hydrogen-bond donors (Lipinski definition) is 2. The molecule has 0 aromatic carbocycles. The van der Waals surface area contributed by atoms with Crippen molar-refractivity contribution >= 4 is 5.91 Å². The van der Waals surface area contributed by atoms with Gasteiger partial charge in [0, 0.05) is 6.42 Å². The van der Waals surface area contributed by atoms with Gasteiger partial charge in [0.25, 0.3) is 0 Å². The molecule has 0 spiro atoms. The molecule has 16 heavy (non-hydrogen) atoms. The van der Waals surface area contributed by atoms with Crippen molar-refractivity contribution in [2.24, 2.45) is 5.92 Å². The van der Waals surface area contributed by atoms with Crippen LogP contribution in [0.15, 0.2) is 12.2 Å². The lowest BCUT2D eigenvalue weighted by molar-refractivity contribution is -0.124. The minimum atomic E-state index is -0.306. The number of rotatable bonds is 4. The number of hydrogen-bond acceptors (Lipinski definition) is 2. The van der Waals surface area contributed by atoms with Gasteiger partial charge in [-0.25, -0.2) is 0 Å². The maximum atomic E-state index is 11.9. The highest BCUT2D eigenvalue weighted by atomic mass is 16.3. The maximum absolute atomic E-state index is 11.9. The Kier molecular flexibility index (Phi) is 3.64. The summed E-state index contributed by atoms with van der Waals surface area (Å²) in [5.74, 6) is 0.518. The van der Waals surface area contributed by atoms with Gasteiger partial charge in [-0.05, 0) is 31.6 Å². The average Bonchev–Trinajstić information content (AvgIpc) is 2.90. The molecule has 90 valence electrons. The Bertz CT molecular complexity index is 280. The van der Waals surface area contributed by atoms with E-state index in [1.54, 1.807) is 0 Å². The molecule has 2 aliphatic carbocycles. The first kappa shape index (κ1) is 11.6. The number of aliphatic hydroxyl groups is 1. The summed E-state index contributed by atoms with van der Waals surface area (Å²) in [7, 11) is 0. The molecule has 0 heterocycles. The molecule has 3 nitrogen and oxygen atoms in total. The van der Waals surface area contributed by atoms with E-state index in [0.29, 0.717) is 12.3 Å². The van der Waals surface area contributed by atoms with Crippen LogP contribution in [0.25, 0.3) is 0 Å². The first-order chi connectivity index (χ1) is 7.74. The van der Waals surface area contributed by atoms with Gasteiger partial charge in [0.05, 0.1) is 12.1 Å². The van der Waals surface area contributed by atoms with E-state index in [1.165, 1.54) is 0 Å². The minimum absolute atomic E-state index is 0.0826. The van der Waals surface area contributed by atoms with Crippen molar-refractivity contribution in [1.29, 1.82) is 0 Å². The standard InChI is InChI=1S/C13H21NO2/c15-10-13(7-3-4-8-13)14-12(16)9-11-5-1-2-6-11/h1,5,11,15H,2-4,6-10H2,(H,14,16). The molecule has 0 radical (unpaired) electrons. The van der Waals surface area contributed by atoms with Crippen molar-refractivity contribution in [3.8, 4) is 0 Å². The second kappa shape index (κ2) is 5.00. The second-order valence-corrected chi connectivity index (χ2v) is 5.16. The normalized spacial score (nSPS) is 27.2. The van der Waals surface area contributed by atoms with Crippen molar-refractivity contribution in [3.63, 3.8) is 0 Å². The van der Waals surface area contributed by atoms with E-state index in [-0.39, 0.29) is 18.1 Å². The summed E-state index contributed by atoms with van der Waals surface area (Å²) in [5, 5.41) is 12.4. The Balaban J connectivity index is 1.83. The van der Waals surface area contributed by atoms with E-state index in [4.69, 9.17) is 0 Å². The average molecular weight is 223 g/mol. The third-order valence-electron chi connectivity index (χ3n) is 3.83. The fourth-order valence-electron chi connectivity index (χ4n) is 2.82. The van der Waals surface area contributed by atoms with E-state index in [0.717, 1.165) is 38.5 Å². The molecule has 1 amide bonds. The molecular weight excluding hydrogens is 202 g/mol. The second-order valence-electron chi connectivity index (χ2n) is 5.16. The summed E-state index contributed by atoms with van der Waals surface area (Å²) in [6.45, 7) is 0.0826. The number of allylic oxidation sites excluding steroid dienone is 2. The maximum Gasteiger partial charge on any atom is 0.221 e. The van der Waals surface area contributed by atoms with E-state index in [9.17, 15) is 9.90 Å². The molecule has 1 atom stereocenters. The molecule has 0 aliphatic heterocycles. The topological polar surface area (TPSA) is 49.3 Å². The van der Waals surface area contributed by atoms with Crippen LogP contribution in [-0.2, 0) is 4.79 Å². The number of carbonyl (C=O) groups excluding carboxylic acids is 1. The van der Waals surface area contributed by atoms with Gasteiger partial charge >= 0.3 is 0 Å². The minimum Gasteiger partial charge on any atom is -0.394 e. The lowest BCUT2D eigenvalue weighted by Crippen LogP contribution is -2.49. The predicted octanol–water partition coefficient (Wildman–Crippen LogP) is 1.76. The molecule has 2 aliphatic rings. The molecule has 0 aromatic heterocycles. The molecule has 2 N–H and O–H groups in total. The van der Waals surface area contributed by atoms with Crippen LogP contribution in [0.5, 0.6) is 0 Å². The van der Waals surface area contributed by atoms with Gasteiger partial charge in [-0.1, -0.05) is 25.0 Å². The molecule has 1 unspecified atom stereocenters. The Hall–Kier alpha value is -0.830. The summed E-state index contributed by atoms with van der Waals surface area (Å²) in [6.07, 6.45) is 11.1. The summed E-state index contributed by atoms with van der Waals surface area (Å²) >= 11 is 0. The number of aliphatic hydroxyl groups excluding tert-OH is 1. The third kappa shape index (κ3) is 2.64. The molecule has 1 fully saturated rings. The fraction of sp³-hybridized carbons (Fsp3) is 0.769. The lowest BCUT2D eigenvalue weighted by atomic mass is 9.97. The zero-order valence-corrected chi connectivity index (χ0v) is 9.74. The van der Waals surface area contributed by atoms with Crippen LogP contribution in [-0.4, -0.2) is 23.2 Å². The largest absolute Gasteiger partial charge is 0.394 e. The molecule has 3 heteroatoms. The van der Waals surface area contributed by atoms with E-state index in [2.05, 4.69) is 17.5 Å². The van der Waals surface area contributed by atoms with Crippen LogP contribution in [0.1, 0.15) is 44.9 Å². The Morgan fingerprint density at radius 1 is 1.44 bits per heavy atom. The molecule has 0 saturated heterocycles. The van der Waals surface area contributed by atoms with Gasteiger partial charge < -0.3 is 10.4 Å². The van der Waals surface area contributed by atoms with Gasteiger partial charge in [-0.15, -0.1) is 0 Å². The summed E-state index contributed by atoms with van der Waals surface area (Å²) < 4.78 is 0. The van der Waals surface area contributed by atoms with Gasteiger partial charge in [-0.2, -0.15) is 0 Å². The van der Waals surface area contributed by atoms with Crippen LogP contribution in [0, 0.1) is 5.92 Å². The first-order valence-electron chi connectivity index (χ1n) is 6.33. The highest BCUT2D eigenvalue weighted by Gasteiger charge is 2.34. The van der Waals surface area contributed by atoms with Crippen molar-refractivity contribution in [1.82, 2.24) is 5.32 Å². The smallest absolute Gasteiger partial charge is 0.221 e. The van der Waals surface area contributed by atoms with Crippen LogP contribution < -0.4 is 5.32 Å². The SMILES string of the molecule is O=C(CC1C=CCC1)NC1(CO)CCCC1. The van der Waals surface area contributed by atoms with Crippen molar-refractivity contribution in [2.45, 2.75) is 50.5 Å². The van der Waals surface area contributed by atoms with E-state index >= 15 is 0 Å². The highest BCUT2D eigenvalue weighted by Crippen LogP contribution is 2.29. The summed E-state index contributed by atoms with van der Waals surface area (Å²) in [4.78, 5) is 11.9. The predicted molar refractivity (Wildman–Crippen MR) is 62.9 cm³/mol. The molecule has 0 aromatic rings. The third-order valence-corrected chi connectivity index (χ3v) is 3.83. The first-order valence-corrected chi connectivity index (χ1v) is 6.33. The number of nitrogens with one attached hydrogen (secondary N) is 1. The quantitative estimate of drug-likeness (QED) is 0.714. The Labute approximate surface area is 96.9 Å². The fourth-order valence-corrected chi connectivity index (χ4v) is 2.82. The zero-order chi connectivity index (χ0) is 11.4. The zero-order valence-electron chi connectivity index (χ0n) is 9.74. The van der Waals surface area contributed by atoms with Crippen LogP contribution in [0.2, 0.25) is 0 Å². The van der Waals surface area contributed by atoms with Crippen LogP contribution in [0.3, 0.4) is 0 Å². The van der Waals surface area contributed by atoms with Gasteiger partial charge in [0.2, 0.25) is 5.91 Å². The lowest BCUT2D eigenvalue weighted by Gasteiger charge is -2.28. The number of carbonyl (C=O) groups is 1.